The van der Waals surface area contributed by atoms with E-state index in [1.165, 1.54) is 6.66 Å². The first-order valence-electron chi connectivity index (χ1n) is 1.91. The average molecular weight is 324 g/mol. The summed E-state index contributed by atoms with van der Waals surface area (Å²) in [7, 11) is -2.74. The Morgan fingerprint density at radius 2 is 2.33 bits per heavy atom. The topological polar surface area (TPSA) is 96.6 Å². The first-order valence-corrected chi connectivity index (χ1v) is 6.39. The van der Waals surface area contributed by atoms with Crippen molar-refractivity contribution in [3.05, 3.63) is 0 Å². The molecule has 0 rings (SSSR count). The number of rotatable bonds is 3. The van der Waals surface area contributed by atoms with Crippen molar-refractivity contribution in [3.63, 3.8) is 0 Å². The monoisotopic (exact) mass is 325 g/mol. The van der Waals surface area contributed by atoms with Crippen LogP contribution in [0.25, 0.3) is 0 Å². The zero-order valence-electron chi connectivity index (χ0n) is 4.67. The fraction of sp³-hybridized carbons (Fsp3) is 1.00. The fourth-order valence-corrected chi connectivity index (χ4v) is 2.24. The molecule has 0 saturated carbocycles. The molecule has 6 nitrogen and oxygen atoms in total. The molecule has 4 N–H and O–H groups in total. The van der Waals surface area contributed by atoms with Crippen LogP contribution in [0.1, 0.15) is 0 Å². The maximum absolute atomic E-state index is 10.8. The molecule has 0 bridgehead atoms. The van der Waals surface area contributed by atoms with Gasteiger partial charge in [0.05, 0.1) is 0 Å². The Labute approximate surface area is 60.3 Å². The third kappa shape index (κ3) is 4.85. The van der Waals surface area contributed by atoms with E-state index in [0.717, 1.165) is 0 Å². The van der Waals surface area contributed by atoms with E-state index in [4.69, 9.17) is 5.84 Å². The first kappa shape index (κ1) is 9.37. The summed E-state index contributed by atoms with van der Waals surface area (Å²) >= 11 is -1.78. The molecule has 0 aromatic heterocycles. The van der Waals surface area contributed by atoms with Crippen LogP contribution in [0.4, 0.5) is 0 Å². The molecule has 0 saturated heterocycles. The van der Waals surface area contributed by atoms with Gasteiger partial charge in [0.2, 0.25) is 0 Å². The molecule has 0 fully saturated rings. The molecule has 0 aromatic rings. The summed E-state index contributed by atoms with van der Waals surface area (Å²) < 4.78 is 23.9. The van der Waals surface area contributed by atoms with Crippen LogP contribution in [0.15, 0.2) is 3.68 Å². The number of nitrogens with one attached hydrogen (secondary N) is 2. The predicted molar refractivity (Wildman–Crippen MR) is 27.1 cm³/mol. The van der Waals surface area contributed by atoms with Crippen LogP contribution in [0.3, 0.4) is 0 Å². The Hall–Kier alpha value is 0.372. The molecule has 0 aliphatic rings. The minimum atomic E-state index is -2.74. The summed E-state index contributed by atoms with van der Waals surface area (Å²) in [5.74, 6) is 4.83. The van der Waals surface area contributed by atoms with Gasteiger partial charge in [0.25, 0.3) is 0 Å². The van der Waals surface area contributed by atoms with Crippen molar-refractivity contribution in [3.8, 4) is 0 Å². The van der Waals surface area contributed by atoms with Gasteiger partial charge in [0.1, 0.15) is 0 Å². The fourth-order valence-electron chi connectivity index (χ4n) is 0.116. The maximum atomic E-state index is 10.8. The van der Waals surface area contributed by atoms with Crippen molar-refractivity contribution in [1.29, 1.82) is 0 Å². The molecule has 8 heteroatoms. The zero-order chi connectivity index (χ0) is 7.33. The molecule has 1 atom stereocenters. The normalized spacial score (nSPS) is 16.2. The van der Waals surface area contributed by atoms with Crippen LogP contribution in [0.5, 0.6) is 0 Å². The van der Waals surface area contributed by atoms with E-state index in [1.54, 1.807) is 0 Å². The molecule has 0 amide bonds. The van der Waals surface area contributed by atoms with E-state index < -0.39 is 25.2 Å². The van der Waals surface area contributed by atoms with E-state index >= 15 is 0 Å². The van der Waals surface area contributed by atoms with E-state index in [0.29, 0.717) is 0 Å². The number of hydrogen-bond acceptors (Lipinski definition) is 4. The van der Waals surface area contributed by atoms with Crippen LogP contribution in [0, 0.1) is 0 Å². The zero-order valence-corrected chi connectivity index (χ0v) is 8.28. The summed E-state index contributed by atoms with van der Waals surface area (Å²) in [5, 5.41) is 4.17. The molecule has 0 radical (unpaired) electrons. The Balaban J connectivity index is 3.87. The number of hydrogen-bond donors (Lipinski definition) is 3. The van der Waals surface area contributed by atoms with Crippen LogP contribution in [-0.4, -0.2) is 6.66 Å². The molecule has 0 aliphatic carbocycles. The molecular formula is CH7N4O2PRe. The second-order valence-electron chi connectivity index (χ2n) is 1.31. The Morgan fingerprint density at radius 3 is 2.67 bits per heavy atom. The van der Waals surface area contributed by atoms with Gasteiger partial charge in [0.15, 0.2) is 0 Å². The second-order valence-corrected chi connectivity index (χ2v) is 4.72. The average Bonchev–Trinajstić information content (AvgIpc) is 1.84. The van der Waals surface area contributed by atoms with Gasteiger partial charge >= 0.3 is 59.8 Å². The molecule has 0 aromatic carbocycles. The van der Waals surface area contributed by atoms with Gasteiger partial charge in [-0.1, -0.05) is 0 Å². The quantitative estimate of drug-likeness (QED) is 0.366. The second kappa shape index (κ2) is 4.23. The van der Waals surface area contributed by atoms with Crippen molar-refractivity contribution >= 4 is 7.44 Å². The standard InChI is InChI=1S/CH7N4OP.O.Re/c1-7(6,4-2)5-3;;/h2H2,1H3,(H2,4,5,6);;. The molecule has 1 unspecified atom stereocenters. The van der Waals surface area contributed by atoms with Crippen LogP contribution in [-0.2, 0) is 25.8 Å². The van der Waals surface area contributed by atoms with E-state index in [1.807, 2.05) is 5.20 Å². The van der Waals surface area contributed by atoms with Crippen molar-refractivity contribution < 1.29 is 25.8 Å². The first-order chi connectivity index (χ1) is 4.12. The van der Waals surface area contributed by atoms with Crippen LogP contribution in [0.2, 0.25) is 0 Å². The molecule has 0 spiro atoms. The Morgan fingerprint density at radius 1 is 1.78 bits per heavy atom. The van der Waals surface area contributed by atoms with Gasteiger partial charge in [-0.15, -0.1) is 0 Å². The van der Waals surface area contributed by atoms with Crippen molar-refractivity contribution in [2.75, 3.05) is 6.66 Å². The molecule has 9 heavy (non-hydrogen) atoms. The third-order valence-electron chi connectivity index (χ3n) is 0.509. The summed E-state index contributed by atoms with van der Waals surface area (Å²) in [6, 6.07) is 0. The summed E-state index contributed by atoms with van der Waals surface area (Å²) in [6.45, 7) is 1.35. The molecular weight excluding hydrogens is 317 g/mol. The van der Waals surface area contributed by atoms with Crippen molar-refractivity contribution in [2.24, 2.45) is 9.52 Å². The van der Waals surface area contributed by atoms with E-state index in [-0.39, 0.29) is 0 Å². The third-order valence-corrected chi connectivity index (χ3v) is 2.52. The Kier molecular flexibility index (Phi) is 4.40. The summed E-state index contributed by atoms with van der Waals surface area (Å²) in [5.41, 5.74) is 0. The minimum absolute atomic E-state index is 1.35. The predicted octanol–water partition coefficient (Wildman–Crippen LogP) is -0.611. The Bertz CT molecular complexity index is 175. The number of nitrogens with zero attached hydrogens (tertiary/aromatic N) is 1. The van der Waals surface area contributed by atoms with Gasteiger partial charge in [-0.05, 0) is 0 Å². The van der Waals surface area contributed by atoms with Gasteiger partial charge in [-0.2, -0.15) is 0 Å². The van der Waals surface area contributed by atoms with E-state index in [9.17, 15) is 8.03 Å². The summed E-state index contributed by atoms with van der Waals surface area (Å²) in [6.07, 6.45) is 0. The molecule has 55 valence electrons. The van der Waals surface area contributed by atoms with Gasteiger partial charge in [0, 0.05) is 0 Å². The van der Waals surface area contributed by atoms with Crippen molar-refractivity contribution in [2.45, 2.75) is 0 Å². The van der Waals surface area contributed by atoms with Gasteiger partial charge in [-0.3, -0.25) is 0 Å². The van der Waals surface area contributed by atoms with Gasteiger partial charge in [-0.25, -0.2) is 0 Å². The van der Waals surface area contributed by atoms with Crippen LogP contribution >= 0.6 is 7.44 Å². The number of nitrogens with two attached hydrogens (primary N) is 1. The summed E-state index contributed by atoms with van der Waals surface area (Å²) in [4.78, 5) is 0. The SMILES string of the molecule is CP(=O)(NN)N[N]=[Re]=[O]. The van der Waals surface area contributed by atoms with Crippen LogP contribution < -0.4 is 16.2 Å². The molecule has 0 heterocycles. The number of hydrazine groups is 1. The van der Waals surface area contributed by atoms with Gasteiger partial charge < -0.3 is 0 Å². The van der Waals surface area contributed by atoms with E-state index in [2.05, 4.69) is 8.88 Å². The molecule has 0 aliphatic heterocycles. The van der Waals surface area contributed by atoms with Crippen molar-refractivity contribution in [1.82, 2.24) is 10.4 Å².